The Labute approximate surface area is 159 Å². The van der Waals surface area contributed by atoms with Gasteiger partial charge in [-0.3, -0.25) is 4.98 Å². The van der Waals surface area contributed by atoms with Crippen LogP contribution < -0.4 is 15.8 Å². The topological polar surface area (TPSA) is 98.8 Å². The average molecular weight is 370 g/mol. The molecule has 0 saturated heterocycles. The van der Waals surface area contributed by atoms with Crippen LogP contribution in [0.5, 0.6) is 5.75 Å². The van der Waals surface area contributed by atoms with E-state index < -0.39 is 12.0 Å². The fraction of sp³-hybridized carbons (Fsp3) is 0.450. The van der Waals surface area contributed by atoms with E-state index in [1.54, 1.807) is 25.4 Å². The first kappa shape index (κ1) is 19.1. The first-order valence-electron chi connectivity index (χ1n) is 9.27. The molecule has 1 aromatic heterocycles. The van der Waals surface area contributed by atoms with Crippen LogP contribution in [0.3, 0.4) is 0 Å². The van der Waals surface area contributed by atoms with Gasteiger partial charge in [-0.15, -0.1) is 0 Å². The minimum absolute atomic E-state index is 0.229. The predicted molar refractivity (Wildman–Crippen MR) is 103 cm³/mol. The van der Waals surface area contributed by atoms with E-state index in [-0.39, 0.29) is 12.3 Å². The maximum absolute atomic E-state index is 12.0. The SMILES string of the molecule is CCOC(=O)C1=NC=CC(N)/C1=C\NCc1cc(C)c(OCC2CC2)cn1. The van der Waals surface area contributed by atoms with Gasteiger partial charge in [0.15, 0.2) is 5.71 Å². The van der Waals surface area contributed by atoms with E-state index in [4.69, 9.17) is 15.2 Å². The molecule has 3 N–H and O–H groups in total. The molecule has 0 aromatic carbocycles. The lowest BCUT2D eigenvalue weighted by molar-refractivity contribution is -0.135. The number of pyridine rings is 1. The van der Waals surface area contributed by atoms with Crippen LogP contribution in [0.25, 0.3) is 0 Å². The van der Waals surface area contributed by atoms with Crippen molar-refractivity contribution >= 4 is 11.7 Å². The number of nitrogens with zero attached hydrogens (tertiary/aromatic N) is 2. The molecule has 2 aliphatic rings. The van der Waals surface area contributed by atoms with Crippen molar-refractivity contribution in [2.75, 3.05) is 13.2 Å². The summed E-state index contributed by atoms with van der Waals surface area (Å²) in [6.45, 7) is 5.33. The summed E-state index contributed by atoms with van der Waals surface area (Å²) < 4.78 is 10.9. The minimum Gasteiger partial charge on any atom is -0.491 e. The van der Waals surface area contributed by atoms with Gasteiger partial charge in [0.2, 0.25) is 0 Å². The number of aliphatic imine (C=N–C) groups is 1. The van der Waals surface area contributed by atoms with Gasteiger partial charge >= 0.3 is 5.97 Å². The van der Waals surface area contributed by atoms with Crippen molar-refractivity contribution in [1.29, 1.82) is 0 Å². The molecule has 0 amide bonds. The lowest BCUT2D eigenvalue weighted by atomic mass is 10.0. The van der Waals surface area contributed by atoms with Crippen LogP contribution in [0.15, 0.2) is 41.3 Å². The molecule has 1 aliphatic carbocycles. The Hall–Kier alpha value is -2.67. The van der Waals surface area contributed by atoms with Gasteiger partial charge in [0.05, 0.1) is 37.7 Å². The normalized spacial score (nSPS) is 20.3. The van der Waals surface area contributed by atoms with Gasteiger partial charge in [-0.2, -0.15) is 0 Å². The van der Waals surface area contributed by atoms with E-state index in [1.807, 2.05) is 13.0 Å². The van der Waals surface area contributed by atoms with Crippen LogP contribution in [0.1, 0.15) is 31.0 Å². The average Bonchev–Trinajstić information content (AvgIpc) is 3.47. The number of nitrogens with one attached hydrogen (secondary N) is 1. The molecule has 0 radical (unpaired) electrons. The summed E-state index contributed by atoms with van der Waals surface area (Å²) in [5.41, 5.74) is 8.83. The summed E-state index contributed by atoms with van der Waals surface area (Å²) in [5, 5.41) is 3.17. The lowest BCUT2D eigenvalue weighted by Crippen LogP contribution is -2.33. The summed E-state index contributed by atoms with van der Waals surface area (Å²) in [7, 11) is 0. The van der Waals surface area contributed by atoms with Crippen molar-refractivity contribution in [2.45, 2.75) is 39.3 Å². The van der Waals surface area contributed by atoms with Crippen LogP contribution in [0, 0.1) is 12.8 Å². The van der Waals surface area contributed by atoms with Crippen LogP contribution in [-0.4, -0.2) is 35.9 Å². The molecular weight excluding hydrogens is 344 g/mol. The molecule has 1 unspecified atom stereocenters. The molecule has 0 spiro atoms. The number of carbonyl (C=O) groups excluding carboxylic acids is 1. The molecule has 0 bridgehead atoms. The number of aromatic nitrogens is 1. The monoisotopic (exact) mass is 370 g/mol. The summed E-state index contributed by atoms with van der Waals surface area (Å²) in [4.78, 5) is 20.6. The van der Waals surface area contributed by atoms with Gasteiger partial charge in [-0.25, -0.2) is 9.79 Å². The molecule has 3 rings (SSSR count). The second-order valence-electron chi connectivity index (χ2n) is 6.74. The minimum atomic E-state index is -0.475. The molecule has 7 nitrogen and oxygen atoms in total. The summed E-state index contributed by atoms with van der Waals surface area (Å²) >= 11 is 0. The Balaban J connectivity index is 1.61. The Morgan fingerprint density at radius 3 is 2.96 bits per heavy atom. The van der Waals surface area contributed by atoms with Gasteiger partial charge in [0, 0.05) is 18.0 Å². The second-order valence-corrected chi connectivity index (χ2v) is 6.74. The number of esters is 1. The van der Waals surface area contributed by atoms with E-state index in [0.29, 0.717) is 18.0 Å². The Morgan fingerprint density at radius 1 is 1.44 bits per heavy atom. The number of carbonyl (C=O) groups is 1. The molecule has 144 valence electrons. The Morgan fingerprint density at radius 2 is 2.26 bits per heavy atom. The molecule has 1 saturated carbocycles. The van der Waals surface area contributed by atoms with Gasteiger partial charge in [-0.1, -0.05) is 0 Å². The Bertz CT molecular complexity index is 781. The highest BCUT2D eigenvalue weighted by molar-refractivity contribution is 6.44. The van der Waals surface area contributed by atoms with Crippen molar-refractivity contribution in [3.8, 4) is 5.75 Å². The van der Waals surface area contributed by atoms with E-state index in [0.717, 1.165) is 23.6 Å². The smallest absolute Gasteiger partial charge is 0.357 e. The largest absolute Gasteiger partial charge is 0.491 e. The van der Waals surface area contributed by atoms with E-state index >= 15 is 0 Å². The van der Waals surface area contributed by atoms with Crippen molar-refractivity contribution in [1.82, 2.24) is 10.3 Å². The van der Waals surface area contributed by atoms with Crippen LogP contribution >= 0.6 is 0 Å². The van der Waals surface area contributed by atoms with Crippen LogP contribution in [-0.2, 0) is 16.1 Å². The molecule has 7 heteroatoms. The zero-order valence-corrected chi connectivity index (χ0v) is 15.8. The fourth-order valence-electron chi connectivity index (χ4n) is 2.69. The highest BCUT2D eigenvalue weighted by atomic mass is 16.5. The molecule has 1 aromatic rings. The summed E-state index contributed by atoms with van der Waals surface area (Å²) in [6.07, 6.45) is 9.25. The van der Waals surface area contributed by atoms with Gasteiger partial charge in [0.25, 0.3) is 0 Å². The quantitative estimate of drug-likeness (QED) is 0.679. The molecule has 1 aliphatic heterocycles. The van der Waals surface area contributed by atoms with E-state index in [2.05, 4.69) is 15.3 Å². The van der Waals surface area contributed by atoms with Crippen molar-refractivity contribution < 1.29 is 14.3 Å². The van der Waals surface area contributed by atoms with Gasteiger partial charge in [-0.05, 0) is 50.3 Å². The fourth-order valence-corrected chi connectivity index (χ4v) is 2.69. The Kier molecular flexibility index (Phi) is 6.24. The highest BCUT2D eigenvalue weighted by Crippen LogP contribution is 2.30. The predicted octanol–water partition coefficient (Wildman–Crippen LogP) is 2.01. The summed E-state index contributed by atoms with van der Waals surface area (Å²) in [6, 6.07) is 1.58. The standard InChI is InChI=1S/C20H26N4O3/c1-3-26-20(25)19-16(17(21)6-7-23-19)10-22-9-15-8-13(2)18(11-24-15)27-12-14-4-5-14/h6-8,10-11,14,17,22H,3-5,9,12,21H2,1-2H3/b16-10+. The van der Waals surface area contributed by atoms with Gasteiger partial charge in [0.1, 0.15) is 5.75 Å². The first-order valence-corrected chi connectivity index (χ1v) is 9.27. The van der Waals surface area contributed by atoms with E-state index in [1.165, 1.54) is 19.0 Å². The number of hydrogen-bond donors (Lipinski definition) is 2. The highest BCUT2D eigenvalue weighted by Gasteiger charge is 2.24. The van der Waals surface area contributed by atoms with Crippen LogP contribution in [0.2, 0.25) is 0 Å². The van der Waals surface area contributed by atoms with E-state index in [9.17, 15) is 4.79 Å². The maximum Gasteiger partial charge on any atom is 0.357 e. The molecule has 27 heavy (non-hydrogen) atoms. The molecule has 2 heterocycles. The number of hydrogen-bond acceptors (Lipinski definition) is 7. The number of rotatable bonds is 8. The van der Waals surface area contributed by atoms with Gasteiger partial charge < -0.3 is 20.5 Å². The zero-order chi connectivity index (χ0) is 19.2. The summed E-state index contributed by atoms with van der Waals surface area (Å²) in [5.74, 6) is 1.07. The zero-order valence-electron chi connectivity index (χ0n) is 15.8. The third-order valence-corrected chi connectivity index (χ3v) is 4.43. The lowest BCUT2D eigenvalue weighted by Gasteiger charge is -2.17. The van der Waals surface area contributed by atoms with Crippen LogP contribution in [0.4, 0.5) is 0 Å². The molecular formula is C20H26N4O3. The number of aryl methyl sites for hydroxylation is 1. The number of nitrogens with two attached hydrogens (primary N) is 1. The molecule has 1 fully saturated rings. The van der Waals surface area contributed by atoms with Crippen molar-refractivity contribution in [2.24, 2.45) is 16.6 Å². The van der Waals surface area contributed by atoms with Crippen molar-refractivity contribution in [3.05, 3.63) is 47.6 Å². The number of ether oxygens (including phenoxy) is 2. The maximum atomic E-state index is 12.0. The second kappa shape index (κ2) is 8.81. The first-order chi connectivity index (χ1) is 13.1. The molecule has 1 atom stereocenters. The third-order valence-electron chi connectivity index (χ3n) is 4.43. The third kappa shape index (κ3) is 5.17. The van der Waals surface area contributed by atoms with Crippen molar-refractivity contribution in [3.63, 3.8) is 0 Å².